The van der Waals surface area contributed by atoms with E-state index in [2.05, 4.69) is 50.3 Å². The number of piperazine rings is 1. The number of thioether (sulfide) groups is 1. The number of nitrogens with one attached hydrogen (secondary N) is 1. The molecule has 0 atom stereocenters. The zero-order valence-corrected chi connectivity index (χ0v) is 19.1. The van der Waals surface area contributed by atoms with E-state index in [1.165, 1.54) is 16.3 Å². The third-order valence-corrected chi connectivity index (χ3v) is 6.99. The van der Waals surface area contributed by atoms with Crippen LogP contribution in [0.1, 0.15) is 6.42 Å². The number of carbonyl (C=O) groups is 1. The smallest absolute Gasteiger partial charge is 0.239 e. The van der Waals surface area contributed by atoms with Gasteiger partial charge in [0, 0.05) is 55.6 Å². The highest BCUT2D eigenvalue weighted by Gasteiger charge is 2.19. The van der Waals surface area contributed by atoms with Crippen LogP contribution in [0.25, 0.3) is 0 Å². The van der Waals surface area contributed by atoms with Crippen LogP contribution in [-0.2, 0) is 4.79 Å². The topological polar surface area (TPSA) is 48.1 Å². The minimum atomic E-state index is 0.117. The lowest BCUT2D eigenvalue weighted by Crippen LogP contribution is -2.47. The van der Waals surface area contributed by atoms with Crippen molar-refractivity contribution in [2.75, 3.05) is 75.0 Å². The molecule has 0 bridgehead atoms. The van der Waals surface area contributed by atoms with Crippen LogP contribution in [0.5, 0.6) is 5.75 Å². The summed E-state index contributed by atoms with van der Waals surface area (Å²) < 4.78 is 5.24. The molecule has 7 heteroatoms. The number of nitrogens with zero attached hydrogens (tertiary/aromatic N) is 3. The predicted molar refractivity (Wildman–Crippen MR) is 129 cm³/mol. The number of amides is 1. The molecule has 0 spiro atoms. The molecular weight excluding hydrogens is 408 g/mol. The van der Waals surface area contributed by atoms with Crippen molar-refractivity contribution in [1.29, 1.82) is 0 Å². The lowest BCUT2D eigenvalue weighted by Gasteiger charge is -2.36. The maximum absolute atomic E-state index is 12.4. The van der Waals surface area contributed by atoms with Crippen molar-refractivity contribution in [3.63, 3.8) is 0 Å². The Labute approximate surface area is 189 Å². The van der Waals surface area contributed by atoms with Gasteiger partial charge in [0.15, 0.2) is 0 Å². The molecule has 1 N–H and O–H groups in total. The van der Waals surface area contributed by atoms with Crippen LogP contribution in [0.2, 0.25) is 0 Å². The van der Waals surface area contributed by atoms with E-state index in [-0.39, 0.29) is 5.91 Å². The van der Waals surface area contributed by atoms with Gasteiger partial charge in [-0.3, -0.25) is 9.69 Å². The Morgan fingerprint density at radius 3 is 2.58 bits per heavy atom. The normalized spacial score (nSPS) is 16.7. The zero-order chi connectivity index (χ0) is 21.5. The van der Waals surface area contributed by atoms with Crippen LogP contribution in [0.3, 0.4) is 0 Å². The fraction of sp³-hybridized carbons (Fsp3) is 0.458. The van der Waals surface area contributed by atoms with Crippen LogP contribution in [0.15, 0.2) is 53.4 Å². The monoisotopic (exact) mass is 440 g/mol. The van der Waals surface area contributed by atoms with E-state index < -0.39 is 0 Å². The summed E-state index contributed by atoms with van der Waals surface area (Å²) in [5, 5.41) is 3.11. The van der Waals surface area contributed by atoms with Crippen LogP contribution in [0, 0.1) is 0 Å². The maximum atomic E-state index is 12.4. The summed E-state index contributed by atoms with van der Waals surface area (Å²) >= 11 is 1.87. The van der Waals surface area contributed by atoms with E-state index in [0.29, 0.717) is 6.54 Å². The molecule has 1 fully saturated rings. The third kappa shape index (κ3) is 5.86. The van der Waals surface area contributed by atoms with Crippen molar-refractivity contribution in [2.45, 2.75) is 11.3 Å². The Hall–Kier alpha value is -2.38. The van der Waals surface area contributed by atoms with Gasteiger partial charge in [-0.2, -0.15) is 0 Å². The number of hydrogen-bond donors (Lipinski definition) is 1. The Bertz CT molecular complexity index is 853. The Kier molecular flexibility index (Phi) is 7.59. The molecular formula is C24H32N4O2S. The van der Waals surface area contributed by atoms with Crippen molar-refractivity contribution in [3.8, 4) is 5.75 Å². The maximum Gasteiger partial charge on any atom is 0.239 e. The number of para-hydroxylation sites is 1. The minimum absolute atomic E-state index is 0.117. The van der Waals surface area contributed by atoms with Gasteiger partial charge in [0.05, 0.1) is 19.3 Å². The molecule has 2 heterocycles. The fourth-order valence-corrected chi connectivity index (χ4v) is 5.22. The van der Waals surface area contributed by atoms with E-state index in [1.807, 2.05) is 30.0 Å². The van der Waals surface area contributed by atoms with E-state index in [9.17, 15) is 4.79 Å². The molecule has 0 radical (unpaired) electrons. The average Bonchev–Trinajstić information content (AvgIpc) is 2.82. The van der Waals surface area contributed by atoms with E-state index in [1.54, 1.807) is 7.11 Å². The predicted octanol–water partition coefficient (Wildman–Crippen LogP) is 2.94. The molecule has 2 aliphatic heterocycles. The molecule has 166 valence electrons. The summed E-state index contributed by atoms with van der Waals surface area (Å²) in [6.45, 7) is 7.31. The molecule has 2 aromatic rings. The number of methoxy groups -OCH3 is 1. The van der Waals surface area contributed by atoms with Crippen molar-refractivity contribution in [2.24, 2.45) is 0 Å². The molecule has 0 unspecified atom stereocenters. The molecule has 1 saturated heterocycles. The highest BCUT2D eigenvalue weighted by atomic mass is 32.2. The van der Waals surface area contributed by atoms with Gasteiger partial charge in [-0.1, -0.05) is 12.1 Å². The Morgan fingerprint density at radius 2 is 1.81 bits per heavy atom. The van der Waals surface area contributed by atoms with Gasteiger partial charge < -0.3 is 19.9 Å². The second-order valence-corrected chi connectivity index (χ2v) is 9.10. The zero-order valence-electron chi connectivity index (χ0n) is 18.3. The molecule has 6 nitrogen and oxygen atoms in total. The van der Waals surface area contributed by atoms with E-state index in [4.69, 9.17) is 4.74 Å². The molecule has 2 aromatic carbocycles. The first-order chi connectivity index (χ1) is 15.2. The van der Waals surface area contributed by atoms with Gasteiger partial charge >= 0.3 is 0 Å². The van der Waals surface area contributed by atoms with Gasteiger partial charge in [0.25, 0.3) is 0 Å². The Morgan fingerprint density at radius 1 is 1.03 bits per heavy atom. The van der Waals surface area contributed by atoms with Gasteiger partial charge in [-0.05, 0) is 49.4 Å². The molecule has 1 amide bonds. The lowest BCUT2D eigenvalue weighted by molar-refractivity contribution is -0.119. The molecule has 0 aromatic heterocycles. The number of ether oxygens (including phenoxy) is 1. The molecule has 0 aliphatic carbocycles. The van der Waals surface area contributed by atoms with Crippen LogP contribution in [0.4, 0.5) is 11.4 Å². The summed E-state index contributed by atoms with van der Waals surface area (Å²) in [5.41, 5.74) is 2.44. The summed E-state index contributed by atoms with van der Waals surface area (Å²) in [4.78, 5) is 20.8. The van der Waals surface area contributed by atoms with Gasteiger partial charge in [0.1, 0.15) is 5.75 Å². The highest BCUT2D eigenvalue weighted by Crippen LogP contribution is 2.33. The minimum Gasteiger partial charge on any atom is -0.497 e. The number of benzene rings is 2. The van der Waals surface area contributed by atoms with Crippen molar-refractivity contribution in [3.05, 3.63) is 48.5 Å². The molecule has 0 saturated carbocycles. The summed E-state index contributed by atoms with van der Waals surface area (Å²) in [6.07, 6.45) is 0.987. The van der Waals surface area contributed by atoms with Gasteiger partial charge in [-0.15, -0.1) is 11.8 Å². The largest absolute Gasteiger partial charge is 0.497 e. The molecule has 4 rings (SSSR count). The van der Waals surface area contributed by atoms with Gasteiger partial charge in [0.2, 0.25) is 5.91 Å². The molecule has 31 heavy (non-hydrogen) atoms. The number of hydrogen-bond acceptors (Lipinski definition) is 6. The number of anilines is 2. The second kappa shape index (κ2) is 10.8. The highest BCUT2D eigenvalue weighted by molar-refractivity contribution is 7.99. The lowest BCUT2D eigenvalue weighted by atomic mass is 10.2. The van der Waals surface area contributed by atoms with Crippen LogP contribution >= 0.6 is 11.8 Å². The average molecular weight is 441 g/mol. The third-order valence-electron chi connectivity index (χ3n) is 5.94. The van der Waals surface area contributed by atoms with Crippen molar-refractivity contribution >= 4 is 29.0 Å². The second-order valence-electron chi connectivity index (χ2n) is 7.97. The first-order valence-corrected chi connectivity index (χ1v) is 12.1. The standard InChI is InChI=1S/C24H32N4O2S/c1-30-21-9-7-20(8-10-21)27-15-13-26(14-16-27)12-4-11-25-24(29)19-28-17-18-31-23-6-3-2-5-22(23)28/h2-3,5-10H,4,11-19H2,1H3,(H,25,29). The van der Waals surface area contributed by atoms with E-state index >= 15 is 0 Å². The SMILES string of the molecule is COc1ccc(N2CCN(CCCNC(=O)CN3CCSc4ccccc43)CC2)cc1. The summed E-state index contributed by atoms with van der Waals surface area (Å²) in [5.74, 6) is 2.05. The summed E-state index contributed by atoms with van der Waals surface area (Å²) in [7, 11) is 1.70. The van der Waals surface area contributed by atoms with E-state index in [0.717, 1.165) is 63.7 Å². The molecule has 2 aliphatic rings. The van der Waals surface area contributed by atoms with Crippen LogP contribution in [-0.4, -0.2) is 76.0 Å². The van der Waals surface area contributed by atoms with Gasteiger partial charge in [-0.25, -0.2) is 0 Å². The first kappa shape index (κ1) is 21.8. The number of fused-ring (bicyclic) bond motifs is 1. The number of rotatable bonds is 8. The van der Waals surface area contributed by atoms with Crippen molar-refractivity contribution < 1.29 is 9.53 Å². The Balaban J connectivity index is 1.13. The fourth-order valence-electron chi connectivity index (χ4n) is 4.17. The van der Waals surface area contributed by atoms with Crippen molar-refractivity contribution in [1.82, 2.24) is 10.2 Å². The quantitative estimate of drug-likeness (QED) is 0.637. The number of carbonyl (C=O) groups excluding carboxylic acids is 1. The summed E-state index contributed by atoms with van der Waals surface area (Å²) in [6, 6.07) is 16.7. The first-order valence-electron chi connectivity index (χ1n) is 11.1. The van der Waals surface area contributed by atoms with Crippen LogP contribution < -0.4 is 19.9 Å².